The quantitative estimate of drug-likeness (QED) is 0.726. The number of aliphatic carboxylic acids is 1. The topological polar surface area (TPSA) is 46.5 Å². The molecule has 0 aliphatic carbocycles. The van der Waals surface area contributed by atoms with E-state index in [1.54, 1.807) is 0 Å². The van der Waals surface area contributed by atoms with Crippen molar-refractivity contribution in [2.75, 3.05) is 0 Å². The van der Waals surface area contributed by atoms with E-state index in [1.165, 1.54) is 0 Å². The predicted molar refractivity (Wildman–Crippen MR) is 100 cm³/mol. The van der Waals surface area contributed by atoms with Crippen LogP contribution in [0.15, 0.2) is 54.6 Å². The highest BCUT2D eigenvalue weighted by Gasteiger charge is 2.22. The number of fused-ring (bicyclic) bond motifs is 1. The fourth-order valence-corrected chi connectivity index (χ4v) is 3.13. The summed E-state index contributed by atoms with van der Waals surface area (Å²) in [6, 6.07) is 17.9. The van der Waals surface area contributed by atoms with Crippen molar-refractivity contribution in [2.24, 2.45) is 0 Å². The molecule has 0 aliphatic heterocycles. The third-order valence-electron chi connectivity index (χ3n) is 4.59. The third kappa shape index (κ3) is 3.66. The second kappa shape index (κ2) is 6.98. The summed E-state index contributed by atoms with van der Waals surface area (Å²) in [5, 5.41) is 11.8. The van der Waals surface area contributed by atoms with Crippen LogP contribution in [-0.2, 0) is 11.2 Å². The average Bonchev–Trinajstić information content (AvgIpc) is 2.58. The number of rotatable bonds is 5. The molecule has 3 nitrogen and oxygen atoms in total. The van der Waals surface area contributed by atoms with Gasteiger partial charge in [-0.2, -0.15) is 0 Å². The number of ether oxygens (including phenoxy) is 1. The smallest absolute Gasteiger partial charge is 0.345 e. The van der Waals surface area contributed by atoms with E-state index in [4.69, 9.17) is 4.74 Å². The van der Waals surface area contributed by atoms with Gasteiger partial charge in [-0.05, 0) is 59.9 Å². The molecule has 0 aromatic heterocycles. The van der Waals surface area contributed by atoms with Gasteiger partial charge in [0.1, 0.15) is 5.75 Å². The standard InChI is InChI=1S/C22H22O3/c1-14-11-15(2)16(3)20(12-14)25-21(22(23)24)13-18-9-6-8-17-7-4-5-10-19(17)18/h4-12,21H,13H2,1-3H3,(H,23,24)/t21-/m0/s1. The predicted octanol–water partition coefficient (Wildman–Crippen LogP) is 4.84. The first-order valence-corrected chi connectivity index (χ1v) is 8.39. The van der Waals surface area contributed by atoms with Crippen LogP contribution in [0.3, 0.4) is 0 Å². The van der Waals surface area contributed by atoms with Crippen LogP contribution in [0.25, 0.3) is 10.8 Å². The summed E-state index contributed by atoms with van der Waals surface area (Å²) in [5.41, 5.74) is 4.12. The van der Waals surface area contributed by atoms with Crippen molar-refractivity contribution in [3.8, 4) is 5.75 Å². The molecule has 1 N–H and O–H groups in total. The molecule has 3 aromatic rings. The molecule has 3 rings (SSSR count). The Balaban J connectivity index is 1.94. The summed E-state index contributed by atoms with van der Waals surface area (Å²) >= 11 is 0. The second-order valence-corrected chi connectivity index (χ2v) is 6.49. The summed E-state index contributed by atoms with van der Waals surface area (Å²) in [6.07, 6.45) is -0.603. The normalized spacial score (nSPS) is 12.1. The van der Waals surface area contributed by atoms with Gasteiger partial charge in [0.15, 0.2) is 6.10 Å². The Hall–Kier alpha value is -2.81. The van der Waals surface area contributed by atoms with E-state index in [0.717, 1.165) is 33.0 Å². The molecule has 0 saturated carbocycles. The molecule has 0 saturated heterocycles. The zero-order valence-electron chi connectivity index (χ0n) is 14.7. The SMILES string of the molecule is Cc1cc(C)c(C)c(O[C@@H](Cc2cccc3ccccc23)C(=O)O)c1. The number of hydrogen-bond acceptors (Lipinski definition) is 2. The lowest BCUT2D eigenvalue weighted by molar-refractivity contribution is -0.145. The van der Waals surface area contributed by atoms with Crippen molar-refractivity contribution < 1.29 is 14.6 Å². The molecule has 0 bridgehead atoms. The van der Waals surface area contributed by atoms with Crippen LogP contribution in [0, 0.1) is 20.8 Å². The monoisotopic (exact) mass is 334 g/mol. The highest BCUT2D eigenvalue weighted by molar-refractivity contribution is 5.86. The zero-order valence-corrected chi connectivity index (χ0v) is 14.7. The van der Waals surface area contributed by atoms with Gasteiger partial charge in [0.2, 0.25) is 0 Å². The van der Waals surface area contributed by atoms with Crippen LogP contribution in [-0.4, -0.2) is 17.2 Å². The van der Waals surface area contributed by atoms with Crippen LogP contribution in [0.2, 0.25) is 0 Å². The summed E-state index contributed by atoms with van der Waals surface area (Å²) in [5.74, 6) is -0.309. The Morgan fingerprint density at radius 2 is 1.76 bits per heavy atom. The van der Waals surface area contributed by atoms with Crippen LogP contribution in [0.1, 0.15) is 22.3 Å². The molecule has 0 aliphatic rings. The molecule has 3 aromatic carbocycles. The number of carbonyl (C=O) groups is 1. The van der Waals surface area contributed by atoms with E-state index >= 15 is 0 Å². The van der Waals surface area contributed by atoms with Crippen LogP contribution >= 0.6 is 0 Å². The molecule has 25 heavy (non-hydrogen) atoms. The number of carboxylic acid groups (broad SMARTS) is 1. The van der Waals surface area contributed by atoms with Crippen molar-refractivity contribution in [3.05, 3.63) is 76.9 Å². The van der Waals surface area contributed by atoms with Gasteiger partial charge in [0.25, 0.3) is 0 Å². The summed E-state index contributed by atoms with van der Waals surface area (Å²) in [6.45, 7) is 5.95. The highest BCUT2D eigenvalue weighted by Crippen LogP contribution is 2.26. The number of carboxylic acids is 1. The Labute approximate surface area is 147 Å². The van der Waals surface area contributed by atoms with E-state index in [-0.39, 0.29) is 0 Å². The Bertz CT molecular complexity index is 922. The van der Waals surface area contributed by atoms with Crippen molar-refractivity contribution >= 4 is 16.7 Å². The molecule has 0 unspecified atom stereocenters. The van der Waals surface area contributed by atoms with Crippen molar-refractivity contribution in [3.63, 3.8) is 0 Å². The number of aryl methyl sites for hydroxylation is 2. The van der Waals surface area contributed by atoms with Gasteiger partial charge in [-0.3, -0.25) is 0 Å². The Morgan fingerprint density at radius 3 is 2.52 bits per heavy atom. The van der Waals surface area contributed by atoms with Crippen LogP contribution in [0.5, 0.6) is 5.75 Å². The maximum Gasteiger partial charge on any atom is 0.345 e. The molecule has 0 heterocycles. The minimum atomic E-state index is -0.952. The number of benzene rings is 3. The summed E-state index contributed by atoms with van der Waals surface area (Å²) in [7, 11) is 0. The van der Waals surface area contributed by atoms with Gasteiger partial charge in [-0.1, -0.05) is 48.5 Å². The Kier molecular flexibility index (Phi) is 4.75. The van der Waals surface area contributed by atoms with Gasteiger partial charge in [-0.25, -0.2) is 4.79 Å². The number of hydrogen-bond donors (Lipinski definition) is 1. The van der Waals surface area contributed by atoms with E-state index < -0.39 is 12.1 Å². The van der Waals surface area contributed by atoms with Gasteiger partial charge in [0, 0.05) is 6.42 Å². The maximum atomic E-state index is 11.8. The van der Waals surface area contributed by atoms with E-state index in [9.17, 15) is 9.90 Å². The Morgan fingerprint density at radius 1 is 1.04 bits per heavy atom. The van der Waals surface area contributed by atoms with Crippen molar-refractivity contribution in [1.29, 1.82) is 0 Å². The van der Waals surface area contributed by atoms with Gasteiger partial charge < -0.3 is 9.84 Å². The zero-order chi connectivity index (χ0) is 18.0. The summed E-state index contributed by atoms with van der Waals surface area (Å²) in [4.78, 5) is 11.8. The van der Waals surface area contributed by atoms with Gasteiger partial charge in [0.05, 0.1) is 0 Å². The molecule has 128 valence electrons. The first-order chi connectivity index (χ1) is 12.0. The highest BCUT2D eigenvalue weighted by atomic mass is 16.5. The van der Waals surface area contributed by atoms with Crippen LogP contribution in [0.4, 0.5) is 0 Å². The molecule has 0 fully saturated rings. The van der Waals surface area contributed by atoms with E-state index in [1.807, 2.05) is 69.3 Å². The largest absolute Gasteiger partial charge is 0.478 e. The lowest BCUT2D eigenvalue weighted by atomic mass is 9.99. The molecule has 0 spiro atoms. The molecule has 1 atom stereocenters. The maximum absolute atomic E-state index is 11.8. The van der Waals surface area contributed by atoms with E-state index in [2.05, 4.69) is 6.07 Å². The minimum Gasteiger partial charge on any atom is -0.478 e. The minimum absolute atomic E-state index is 0.323. The lowest BCUT2D eigenvalue weighted by Gasteiger charge is -2.19. The molecular formula is C22H22O3. The first-order valence-electron chi connectivity index (χ1n) is 8.39. The first kappa shape index (κ1) is 17.0. The molecule has 0 radical (unpaired) electrons. The average molecular weight is 334 g/mol. The van der Waals surface area contributed by atoms with Crippen molar-refractivity contribution in [1.82, 2.24) is 0 Å². The molecule has 3 heteroatoms. The second-order valence-electron chi connectivity index (χ2n) is 6.49. The van der Waals surface area contributed by atoms with Gasteiger partial charge >= 0.3 is 5.97 Å². The third-order valence-corrected chi connectivity index (χ3v) is 4.59. The van der Waals surface area contributed by atoms with Crippen LogP contribution < -0.4 is 4.74 Å². The fourth-order valence-electron chi connectivity index (χ4n) is 3.13. The molecule has 0 amide bonds. The fraction of sp³-hybridized carbons (Fsp3) is 0.227. The molecular weight excluding hydrogens is 312 g/mol. The van der Waals surface area contributed by atoms with Gasteiger partial charge in [-0.15, -0.1) is 0 Å². The summed E-state index contributed by atoms with van der Waals surface area (Å²) < 4.78 is 5.92. The lowest BCUT2D eigenvalue weighted by Crippen LogP contribution is -2.29. The van der Waals surface area contributed by atoms with E-state index in [0.29, 0.717) is 12.2 Å². The van der Waals surface area contributed by atoms with Crippen molar-refractivity contribution in [2.45, 2.75) is 33.3 Å².